The van der Waals surface area contributed by atoms with E-state index in [9.17, 15) is 9.59 Å². The molecule has 314 valence electrons. The normalized spacial score (nSPS) is 10.2. The van der Waals surface area contributed by atoms with Crippen molar-refractivity contribution in [2.75, 3.05) is 0 Å². The Balaban J connectivity index is 0.000000183. The Bertz CT molecular complexity index is 2420. The molecule has 0 aliphatic carbocycles. The third-order valence-electron chi connectivity index (χ3n) is 10.7. The van der Waals surface area contributed by atoms with Crippen molar-refractivity contribution >= 4 is 11.7 Å². The van der Waals surface area contributed by atoms with E-state index in [-0.39, 0.29) is 5.78 Å². The summed E-state index contributed by atoms with van der Waals surface area (Å²) in [5, 5.41) is 0. The summed E-state index contributed by atoms with van der Waals surface area (Å²) in [7, 11) is 0. The first kappa shape index (κ1) is 47.0. The lowest BCUT2D eigenvalue weighted by atomic mass is 9.97. The highest BCUT2D eigenvalue weighted by Gasteiger charge is 2.11. The summed E-state index contributed by atoms with van der Waals surface area (Å²) < 4.78 is 11.4. The van der Waals surface area contributed by atoms with Gasteiger partial charge in [0.1, 0.15) is 23.0 Å². The Morgan fingerprint density at radius 1 is 0.328 bits per heavy atom. The van der Waals surface area contributed by atoms with E-state index in [0.29, 0.717) is 11.3 Å². The summed E-state index contributed by atoms with van der Waals surface area (Å²) in [6.07, 6.45) is 0. The third-order valence-corrected chi connectivity index (χ3v) is 10.7. The van der Waals surface area contributed by atoms with E-state index in [1.165, 1.54) is 50.1 Å². The van der Waals surface area contributed by atoms with Crippen molar-refractivity contribution < 1.29 is 19.1 Å². The maximum atomic E-state index is 12.4. The second-order valence-corrected chi connectivity index (χ2v) is 15.9. The van der Waals surface area contributed by atoms with Crippen LogP contribution in [0.4, 0.5) is 0 Å². The molecule has 7 rings (SSSR count). The first-order chi connectivity index (χ1) is 28.9. The van der Waals surface area contributed by atoms with Crippen molar-refractivity contribution in [1.82, 2.24) is 0 Å². The van der Waals surface area contributed by atoms with Gasteiger partial charge in [0.2, 0.25) is 5.91 Å². The van der Waals surface area contributed by atoms with Crippen molar-refractivity contribution in [3.05, 3.63) is 223 Å². The predicted octanol–water partition coefficient (Wildman–Crippen LogP) is 14.4. The van der Waals surface area contributed by atoms with Gasteiger partial charge in [-0.1, -0.05) is 95.6 Å². The number of hydrogen-bond acceptors (Lipinski definition) is 4. The number of carbonyl (C=O) groups excluding carboxylic acids is 2. The van der Waals surface area contributed by atoms with Gasteiger partial charge in [-0.05, 0) is 194 Å². The van der Waals surface area contributed by atoms with Crippen LogP contribution in [0.1, 0.15) is 93.0 Å². The Labute approximate surface area is 364 Å². The van der Waals surface area contributed by atoms with Gasteiger partial charge in [-0.15, -0.1) is 0 Å². The molecule has 1 amide bonds. The van der Waals surface area contributed by atoms with Crippen LogP contribution < -0.4 is 15.2 Å². The number of carbonyl (C=O) groups is 2. The zero-order chi connectivity index (χ0) is 44.8. The average Bonchev–Trinajstić information content (AvgIpc) is 3.23. The van der Waals surface area contributed by atoms with E-state index in [1.807, 2.05) is 149 Å². The minimum atomic E-state index is -0.443. The van der Waals surface area contributed by atoms with Gasteiger partial charge in [0.25, 0.3) is 0 Å². The number of rotatable bonds is 7. The first-order valence-corrected chi connectivity index (χ1v) is 20.6. The second kappa shape index (κ2) is 22.0. The molecule has 0 unspecified atom stereocenters. The molecule has 0 saturated carbocycles. The van der Waals surface area contributed by atoms with E-state index in [4.69, 9.17) is 15.2 Å². The van der Waals surface area contributed by atoms with Crippen LogP contribution in [-0.4, -0.2) is 11.7 Å². The van der Waals surface area contributed by atoms with Gasteiger partial charge in [-0.3, -0.25) is 9.59 Å². The number of hydrogen-bond donors (Lipinski definition) is 1. The maximum absolute atomic E-state index is 12.4. The van der Waals surface area contributed by atoms with Crippen LogP contribution in [0.15, 0.2) is 140 Å². The number of primary amides is 1. The summed E-state index contributed by atoms with van der Waals surface area (Å²) in [5.41, 5.74) is 22.1. The summed E-state index contributed by atoms with van der Waals surface area (Å²) >= 11 is 0. The molecule has 2 N–H and O–H groups in total. The summed E-state index contributed by atoms with van der Waals surface area (Å²) in [6.45, 7) is 24.8. The van der Waals surface area contributed by atoms with E-state index >= 15 is 0 Å². The van der Waals surface area contributed by atoms with Crippen LogP contribution in [0, 0.1) is 83.1 Å². The lowest BCUT2D eigenvalue weighted by Gasteiger charge is -2.08. The standard InChI is InChI=1S/C17H18O.C15H15NO2.C14H14O.C10H14/c1-11-5-7-15(9-13(11)3)17(18)16-8-6-12(2)14(4)10-16;1-10-3-6-12(7-4-10)18-13-8-5-11(2)14(9-13)15(16)17;1-11-3-7-13(8-4-11)15-14-9-5-12(2)6-10-14;1-7-5-9(3)10(4)6-8(7)2/h5-10H,1-4H3;3-9H,1-2H3,(H2,16,17);3-10H,1-2H3;5-6H,1-4H3. The number of nitrogens with two attached hydrogens (primary N) is 1. The van der Waals surface area contributed by atoms with Crippen LogP contribution in [0.5, 0.6) is 23.0 Å². The number of ether oxygens (including phenoxy) is 2. The molecule has 0 aromatic heterocycles. The highest BCUT2D eigenvalue weighted by atomic mass is 16.5. The zero-order valence-corrected chi connectivity index (χ0v) is 38.0. The van der Waals surface area contributed by atoms with Gasteiger partial charge in [0.05, 0.1) is 0 Å². The minimum absolute atomic E-state index is 0.0983. The van der Waals surface area contributed by atoms with Crippen molar-refractivity contribution in [1.29, 1.82) is 0 Å². The van der Waals surface area contributed by atoms with Crippen LogP contribution in [-0.2, 0) is 0 Å². The monoisotopic (exact) mass is 811 g/mol. The molecule has 7 aromatic rings. The van der Waals surface area contributed by atoms with Gasteiger partial charge in [-0.25, -0.2) is 0 Å². The van der Waals surface area contributed by atoms with Crippen molar-refractivity contribution in [2.24, 2.45) is 5.73 Å². The van der Waals surface area contributed by atoms with Gasteiger partial charge in [-0.2, -0.15) is 0 Å². The lowest BCUT2D eigenvalue weighted by molar-refractivity contribution is 0.0997. The molecule has 5 nitrogen and oxygen atoms in total. The lowest BCUT2D eigenvalue weighted by Crippen LogP contribution is -2.12. The molecule has 0 spiro atoms. The largest absolute Gasteiger partial charge is 0.457 e. The maximum Gasteiger partial charge on any atom is 0.249 e. The highest BCUT2D eigenvalue weighted by molar-refractivity contribution is 6.09. The van der Waals surface area contributed by atoms with E-state index < -0.39 is 5.91 Å². The zero-order valence-electron chi connectivity index (χ0n) is 38.0. The number of amides is 1. The Morgan fingerprint density at radius 3 is 0.951 bits per heavy atom. The van der Waals surface area contributed by atoms with Crippen molar-refractivity contribution in [2.45, 2.75) is 83.1 Å². The molecular weight excluding hydrogens is 751 g/mol. The van der Waals surface area contributed by atoms with E-state index in [0.717, 1.165) is 45.1 Å². The van der Waals surface area contributed by atoms with Crippen LogP contribution in [0.2, 0.25) is 0 Å². The Morgan fingerprint density at radius 2 is 0.623 bits per heavy atom. The molecule has 0 radical (unpaired) electrons. The number of aryl methyl sites for hydroxylation is 12. The quantitative estimate of drug-likeness (QED) is 0.163. The smallest absolute Gasteiger partial charge is 0.249 e. The first-order valence-electron chi connectivity index (χ1n) is 20.6. The highest BCUT2D eigenvalue weighted by Crippen LogP contribution is 2.25. The Hall–Kier alpha value is -6.72. The molecule has 61 heavy (non-hydrogen) atoms. The molecule has 0 aliphatic heterocycles. The van der Waals surface area contributed by atoms with Crippen LogP contribution in [0.3, 0.4) is 0 Å². The Kier molecular flexibility index (Phi) is 17.0. The number of benzene rings is 7. The number of ketones is 1. The molecule has 0 bridgehead atoms. The molecule has 0 fully saturated rings. The SMILES string of the molecule is Cc1cc(C)c(C)cc1C.Cc1ccc(C(=O)c2ccc(C)c(C)c2)cc1C.Cc1ccc(Oc2ccc(C)c(C(N)=O)c2)cc1.Cc1ccc(Oc2ccc(C)cc2)cc1. The average molecular weight is 812 g/mol. The topological polar surface area (TPSA) is 78.6 Å². The second-order valence-electron chi connectivity index (χ2n) is 15.9. The fourth-order valence-electron chi connectivity index (χ4n) is 6.06. The predicted molar refractivity (Wildman–Crippen MR) is 254 cm³/mol. The fourth-order valence-corrected chi connectivity index (χ4v) is 6.06. The molecule has 0 saturated heterocycles. The van der Waals surface area contributed by atoms with Crippen molar-refractivity contribution in [3.8, 4) is 23.0 Å². The van der Waals surface area contributed by atoms with Crippen LogP contribution in [0.25, 0.3) is 0 Å². The van der Waals surface area contributed by atoms with E-state index in [2.05, 4.69) is 67.5 Å². The van der Waals surface area contributed by atoms with Crippen LogP contribution >= 0.6 is 0 Å². The van der Waals surface area contributed by atoms with E-state index in [1.54, 1.807) is 6.07 Å². The van der Waals surface area contributed by atoms with Gasteiger partial charge in [0, 0.05) is 16.7 Å². The molecular formula is C56H61NO4. The fraction of sp³-hybridized carbons (Fsp3) is 0.214. The molecule has 7 aromatic carbocycles. The molecule has 0 atom stereocenters. The third kappa shape index (κ3) is 14.5. The molecule has 0 heterocycles. The van der Waals surface area contributed by atoms with Gasteiger partial charge < -0.3 is 15.2 Å². The summed E-state index contributed by atoms with van der Waals surface area (Å²) in [6, 6.07) is 45.4. The summed E-state index contributed by atoms with van der Waals surface area (Å²) in [5.74, 6) is 2.76. The molecule has 5 heteroatoms. The van der Waals surface area contributed by atoms with Gasteiger partial charge in [0.15, 0.2) is 5.78 Å². The summed E-state index contributed by atoms with van der Waals surface area (Å²) in [4.78, 5) is 23.6. The molecule has 0 aliphatic rings. The van der Waals surface area contributed by atoms with Gasteiger partial charge >= 0.3 is 0 Å². The minimum Gasteiger partial charge on any atom is -0.457 e. The van der Waals surface area contributed by atoms with Crippen molar-refractivity contribution in [3.63, 3.8) is 0 Å².